The Morgan fingerprint density at radius 3 is 2.81 bits per heavy atom. The largest absolute Gasteiger partial charge is 0.450 e. The lowest BCUT2D eigenvalue weighted by Gasteiger charge is -2.26. The van der Waals surface area contributed by atoms with Crippen molar-refractivity contribution in [3.8, 4) is 0 Å². The maximum atomic E-state index is 12.1. The molecule has 1 aliphatic heterocycles. The minimum absolute atomic E-state index is 0.100. The molecule has 0 bridgehead atoms. The van der Waals surface area contributed by atoms with Crippen LogP contribution >= 0.6 is 0 Å². The fraction of sp³-hybridized carbons (Fsp3) is 0.333. The van der Waals surface area contributed by atoms with Crippen molar-refractivity contribution in [1.82, 2.24) is 9.97 Å². The van der Waals surface area contributed by atoms with Crippen molar-refractivity contribution in [3.05, 3.63) is 47.5 Å². The molecule has 136 valence electrons. The number of benzene rings is 1. The molecule has 8 heteroatoms. The van der Waals surface area contributed by atoms with E-state index in [1.807, 2.05) is 6.07 Å². The molecule has 1 aromatic carbocycles. The Kier molecular flexibility index (Phi) is 5.43. The molecule has 1 aliphatic rings. The molecule has 2 heterocycles. The van der Waals surface area contributed by atoms with Gasteiger partial charge in [-0.3, -0.25) is 10.1 Å². The summed E-state index contributed by atoms with van der Waals surface area (Å²) in [5.74, 6) is 0.342. The van der Waals surface area contributed by atoms with E-state index in [0.29, 0.717) is 30.2 Å². The number of carbonyl (C=O) groups is 2. The van der Waals surface area contributed by atoms with E-state index in [-0.39, 0.29) is 18.4 Å². The van der Waals surface area contributed by atoms with Crippen LogP contribution in [0.3, 0.4) is 0 Å². The van der Waals surface area contributed by atoms with Gasteiger partial charge < -0.3 is 14.8 Å². The fourth-order valence-electron chi connectivity index (χ4n) is 2.87. The first-order valence-corrected chi connectivity index (χ1v) is 8.28. The molecule has 1 aromatic heterocycles. The smallest absolute Gasteiger partial charge is 0.411 e. The summed E-state index contributed by atoms with van der Waals surface area (Å²) in [7, 11) is 1.58. The molecule has 0 fully saturated rings. The Morgan fingerprint density at radius 1 is 1.35 bits per heavy atom. The molecule has 0 aliphatic carbocycles. The van der Waals surface area contributed by atoms with E-state index in [1.54, 1.807) is 38.6 Å². The van der Waals surface area contributed by atoms with Crippen LogP contribution in [-0.2, 0) is 20.9 Å². The number of aromatic nitrogens is 2. The molecule has 2 amide bonds. The van der Waals surface area contributed by atoms with Crippen LogP contribution < -0.4 is 10.6 Å². The maximum absolute atomic E-state index is 12.1. The number of methoxy groups -OCH3 is 1. The van der Waals surface area contributed by atoms with Crippen molar-refractivity contribution in [2.45, 2.75) is 25.9 Å². The predicted molar refractivity (Wildman–Crippen MR) is 94.9 cm³/mol. The zero-order valence-corrected chi connectivity index (χ0v) is 14.6. The lowest BCUT2D eigenvalue weighted by molar-refractivity contribution is -0.116. The number of nitrogens with one attached hydrogen (secondary N) is 2. The molecule has 0 radical (unpaired) electrons. The monoisotopic (exact) mass is 356 g/mol. The quantitative estimate of drug-likeness (QED) is 0.854. The number of anilines is 2. The van der Waals surface area contributed by atoms with Gasteiger partial charge in [-0.05, 0) is 30.2 Å². The summed E-state index contributed by atoms with van der Waals surface area (Å²) in [6, 6.07) is 5.38. The van der Waals surface area contributed by atoms with Gasteiger partial charge in [0.05, 0.1) is 6.61 Å². The van der Waals surface area contributed by atoms with Crippen LogP contribution in [0.1, 0.15) is 36.2 Å². The van der Waals surface area contributed by atoms with E-state index >= 15 is 0 Å². The maximum Gasteiger partial charge on any atom is 0.411 e. The summed E-state index contributed by atoms with van der Waals surface area (Å²) in [5.41, 5.74) is 3.01. The molecule has 0 spiro atoms. The number of ether oxygens (including phenoxy) is 2. The Balaban J connectivity index is 1.86. The van der Waals surface area contributed by atoms with Crippen molar-refractivity contribution in [1.29, 1.82) is 0 Å². The Bertz CT molecular complexity index is 807. The second-order valence-electron chi connectivity index (χ2n) is 5.82. The van der Waals surface area contributed by atoms with Gasteiger partial charge in [0.15, 0.2) is 5.82 Å². The van der Waals surface area contributed by atoms with Gasteiger partial charge >= 0.3 is 6.09 Å². The summed E-state index contributed by atoms with van der Waals surface area (Å²) in [6.45, 7) is 2.36. The van der Waals surface area contributed by atoms with Crippen molar-refractivity contribution in [2.75, 3.05) is 24.4 Å². The minimum Gasteiger partial charge on any atom is -0.450 e. The van der Waals surface area contributed by atoms with Gasteiger partial charge in [-0.1, -0.05) is 6.07 Å². The lowest BCUT2D eigenvalue weighted by Crippen LogP contribution is -2.24. The van der Waals surface area contributed by atoms with Crippen LogP contribution in [0.4, 0.5) is 16.2 Å². The summed E-state index contributed by atoms with van der Waals surface area (Å²) >= 11 is 0. The van der Waals surface area contributed by atoms with E-state index in [9.17, 15) is 9.59 Å². The van der Waals surface area contributed by atoms with E-state index < -0.39 is 6.09 Å². The van der Waals surface area contributed by atoms with E-state index in [2.05, 4.69) is 20.6 Å². The highest BCUT2D eigenvalue weighted by Gasteiger charge is 2.27. The zero-order valence-electron chi connectivity index (χ0n) is 14.6. The lowest BCUT2D eigenvalue weighted by atomic mass is 9.86. The summed E-state index contributed by atoms with van der Waals surface area (Å²) < 4.78 is 9.88. The molecule has 1 atom stereocenters. The number of hydrogen-bond donors (Lipinski definition) is 2. The van der Waals surface area contributed by atoms with E-state index in [0.717, 1.165) is 11.1 Å². The highest BCUT2D eigenvalue weighted by Crippen LogP contribution is 2.38. The number of carbonyl (C=O) groups excluding carboxylic acids is 2. The normalized spacial score (nSPS) is 15.8. The van der Waals surface area contributed by atoms with Crippen LogP contribution in [0.2, 0.25) is 0 Å². The number of hydrogen-bond acceptors (Lipinski definition) is 6. The topological polar surface area (TPSA) is 102 Å². The van der Waals surface area contributed by atoms with Gasteiger partial charge in [0.1, 0.15) is 6.61 Å². The highest BCUT2D eigenvalue weighted by molar-refractivity contribution is 5.96. The minimum atomic E-state index is -0.534. The van der Waals surface area contributed by atoms with Gasteiger partial charge in [0.2, 0.25) is 5.91 Å². The van der Waals surface area contributed by atoms with Crippen LogP contribution in [-0.4, -0.2) is 35.7 Å². The van der Waals surface area contributed by atoms with Gasteiger partial charge in [-0.25, -0.2) is 14.8 Å². The Hall–Kier alpha value is -3.00. The van der Waals surface area contributed by atoms with E-state index in [4.69, 9.17) is 9.47 Å². The number of rotatable bonds is 5. The third-order valence-corrected chi connectivity index (χ3v) is 4.02. The second kappa shape index (κ2) is 7.92. The summed E-state index contributed by atoms with van der Waals surface area (Å²) in [4.78, 5) is 32.3. The highest BCUT2D eigenvalue weighted by atomic mass is 16.5. The molecule has 3 rings (SSSR count). The average molecular weight is 356 g/mol. The molecule has 8 nitrogen and oxygen atoms in total. The number of amides is 2. The van der Waals surface area contributed by atoms with Crippen molar-refractivity contribution in [3.63, 3.8) is 0 Å². The number of fused-ring (bicyclic) bond motifs is 1. The van der Waals surface area contributed by atoms with E-state index in [1.165, 1.54) is 0 Å². The summed E-state index contributed by atoms with van der Waals surface area (Å²) in [6.07, 6.45) is 3.22. The predicted octanol–water partition coefficient (Wildman–Crippen LogP) is 2.67. The van der Waals surface area contributed by atoms with Crippen molar-refractivity contribution < 1.29 is 19.1 Å². The molecule has 0 saturated heterocycles. The first-order valence-electron chi connectivity index (χ1n) is 8.28. The van der Waals surface area contributed by atoms with Gasteiger partial charge in [-0.2, -0.15) is 0 Å². The number of nitrogens with zero attached hydrogens (tertiary/aromatic N) is 2. The molecule has 2 aromatic rings. The molecule has 26 heavy (non-hydrogen) atoms. The summed E-state index contributed by atoms with van der Waals surface area (Å²) in [5, 5.41) is 5.48. The third-order valence-electron chi connectivity index (χ3n) is 4.02. The van der Waals surface area contributed by atoms with Crippen molar-refractivity contribution >= 4 is 23.4 Å². The first kappa shape index (κ1) is 17.8. The fourth-order valence-corrected chi connectivity index (χ4v) is 2.87. The van der Waals surface area contributed by atoms with Gasteiger partial charge in [-0.15, -0.1) is 0 Å². The third kappa shape index (κ3) is 3.97. The standard InChI is InChI=1S/C18H20N4O4/c1-3-26-18(24)21-12-4-5-13-14(7-17(23)22-15(13)6-12)11-8-19-16(10-25-2)20-9-11/h4-6,8-9,14H,3,7,10H2,1-2H3,(H,21,24)(H,22,23). The second-order valence-corrected chi connectivity index (χ2v) is 5.82. The Labute approximate surface area is 150 Å². The first-order chi connectivity index (χ1) is 12.6. The molecular weight excluding hydrogens is 336 g/mol. The van der Waals surface area contributed by atoms with Crippen LogP contribution in [0, 0.1) is 0 Å². The molecule has 2 N–H and O–H groups in total. The van der Waals surface area contributed by atoms with Gasteiger partial charge in [0.25, 0.3) is 0 Å². The SMILES string of the molecule is CCOC(=O)Nc1ccc2c(c1)NC(=O)CC2c1cnc(COC)nc1. The van der Waals surface area contributed by atoms with Gasteiger partial charge in [0, 0.05) is 43.2 Å². The Morgan fingerprint density at radius 2 is 2.12 bits per heavy atom. The molecule has 0 saturated carbocycles. The van der Waals surface area contributed by atoms with Crippen LogP contribution in [0.25, 0.3) is 0 Å². The van der Waals surface area contributed by atoms with Crippen molar-refractivity contribution in [2.24, 2.45) is 0 Å². The molecule has 1 unspecified atom stereocenters. The molecular formula is C18H20N4O4. The average Bonchev–Trinajstić information content (AvgIpc) is 2.62. The van der Waals surface area contributed by atoms with Crippen LogP contribution in [0.5, 0.6) is 0 Å². The van der Waals surface area contributed by atoms with Crippen LogP contribution in [0.15, 0.2) is 30.6 Å². The zero-order chi connectivity index (χ0) is 18.5.